The number of carbonyl (C=O) groups excluding carboxylic acids is 1. The summed E-state index contributed by atoms with van der Waals surface area (Å²) in [5, 5.41) is 0. The fourth-order valence-electron chi connectivity index (χ4n) is 1.96. The van der Waals surface area contributed by atoms with Crippen LogP contribution in [0.2, 0.25) is 0 Å². The first kappa shape index (κ1) is 17.7. The normalized spacial score (nSPS) is 13.4. The second kappa shape index (κ2) is 7.58. The summed E-state index contributed by atoms with van der Waals surface area (Å²) >= 11 is 0. The molecule has 0 saturated heterocycles. The smallest absolute Gasteiger partial charge is 0.281 e. The molecule has 5 N–H and O–H groups in total. The molecule has 1 aromatic heterocycles. The molecule has 1 atom stereocenters. The van der Waals surface area contributed by atoms with E-state index in [1.807, 2.05) is 12.3 Å². The van der Waals surface area contributed by atoms with Crippen LogP contribution in [0.3, 0.4) is 0 Å². The molecular formula is C13H24N4O3S. The zero-order valence-corrected chi connectivity index (χ0v) is 13.5. The van der Waals surface area contributed by atoms with Gasteiger partial charge in [0.1, 0.15) is 10.6 Å². The molecule has 1 unspecified atom stereocenters. The molecule has 0 aromatic carbocycles. The maximum atomic E-state index is 12.2. The van der Waals surface area contributed by atoms with Crippen LogP contribution < -0.4 is 16.0 Å². The number of aromatic amines is 1. The van der Waals surface area contributed by atoms with Gasteiger partial charge >= 0.3 is 0 Å². The van der Waals surface area contributed by atoms with Crippen LogP contribution in [0.5, 0.6) is 0 Å². The van der Waals surface area contributed by atoms with Gasteiger partial charge in [0.15, 0.2) is 0 Å². The number of aromatic nitrogens is 1. The number of hydrogen-bond donors (Lipinski definition) is 4. The monoisotopic (exact) mass is 316 g/mol. The lowest BCUT2D eigenvalue weighted by Crippen LogP contribution is -2.32. The Hall–Kier alpha value is -1.38. The minimum absolute atomic E-state index is 0.0248. The second-order valence-corrected chi connectivity index (χ2v) is 7.28. The van der Waals surface area contributed by atoms with Gasteiger partial charge in [-0.2, -0.15) is 0 Å². The Labute approximate surface area is 125 Å². The van der Waals surface area contributed by atoms with Crippen molar-refractivity contribution >= 4 is 15.9 Å². The highest BCUT2D eigenvalue weighted by Crippen LogP contribution is 2.13. The summed E-state index contributed by atoms with van der Waals surface area (Å²) in [6.07, 6.45) is 4.08. The van der Waals surface area contributed by atoms with Crippen LogP contribution in [0.25, 0.3) is 0 Å². The van der Waals surface area contributed by atoms with Gasteiger partial charge in [0.05, 0.1) is 0 Å². The first-order chi connectivity index (χ1) is 9.76. The number of nitrogens with two attached hydrogens (primary N) is 1. The van der Waals surface area contributed by atoms with Crippen molar-refractivity contribution in [3.05, 3.63) is 18.0 Å². The molecule has 1 rings (SSSR count). The maximum Gasteiger partial charge on any atom is 0.281 e. The molecule has 1 aromatic rings. The fraction of sp³-hybridized carbons (Fsp3) is 0.615. The molecule has 0 spiro atoms. The van der Waals surface area contributed by atoms with Gasteiger partial charge in [-0.05, 0) is 25.3 Å². The number of amides is 1. The highest BCUT2D eigenvalue weighted by Gasteiger charge is 2.20. The summed E-state index contributed by atoms with van der Waals surface area (Å²) in [4.78, 5) is 13.9. The summed E-state index contributed by atoms with van der Waals surface area (Å²) in [5.74, 6) is 5.04. The molecule has 0 saturated carbocycles. The lowest BCUT2D eigenvalue weighted by Gasteiger charge is -2.14. The average Bonchev–Trinajstić information content (AvgIpc) is 2.87. The van der Waals surface area contributed by atoms with E-state index in [0.717, 1.165) is 19.3 Å². The fourth-order valence-corrected chi connectivity index (χ4v) is 3.23. The van der Waals surface area contributed by atoms with Crippen molar-refractivity contribution in [2.75, 3.05) is 0 Å². The molecule has 0 bridgehead atoms. The van der Waals surface area contributed by atoms with Gasteiger partial charge in [-0.15, -0.1) is 0 Å². The molecule has 8 heteroatoms. The van der Waals surface area contributed by atoms with Crippen molar-refractivity contribution in [2.24, 2.45) is 11.8 Å². The molecule has 1 heterocycles. The van der Waals surface area contributed by atoms with E-state index >= 15 is 0 Å². The molecule has 7 nitrogen and oxygen atoms in total. The first-order valence-electron chi connectivity index (χ1n) is 6.98. The van der Waals surface area contributed by atoms with Crippen LogP contribution in [0.1, 0.15) is 50.5 Å². The van der Waals surface area contributed by atoms with Gasteiger partial charge in [-0.3, -0.25) is 10.2 Å². The van der Waals surface area contributed by atoms with E-state index in [9.17, 15) is 13.2 Å². The van der Waals surface area contributed by atoms with Crippen LogP contribution in [0.15, 0.2) is 17.2 Å². The number of sulfonamides is 1. The summed E-state index contributed by atoms with van der Waals surface area (Å²) in [7, 11) is -3.63. The molecule has 0 aliphatic carbocycles. The Morgan fingerprint density at radius 3 is 2.57 bits per heavy atom. The van der Waals surface area contributed by atoms with E-state index in [-0.39, 0.29) is 16.6 Å². The number of nitrogens with one attached hydrogen (secondary N) is 3. The molecular weight excluding hydrogens is 292 g/mol. The van der Waals surface area contributed by atoms with Crippen LogP contribution in [-0.2, 0) is 10.0 Å². The third kappa shape index (κ3) is 5.49. The number of hydrogen-bond acceptors (Lipinski definition) is 4. The second-order valence-electron chi connectivity index (χ2n) is 5.57. The Balaban J connectivity index is 2.64. The highest BCUT2D eigenvalue weighted by molar-refractivity contribution is 7.89. The minimum Gasteiger partial charge on any atom is -0.356 e. The van der Waals surface area contributed by atoms with Crippen LogP contribution in [-0.4, -0.2) is 25.4 Å². The van der Waals surface area contributed by atoms with Crippen LogP contribution in [0, 0.1) is 5.92 Å². The van der Waals surface area contributed by atoms with Gasteiger partial charge in [-0.1, -0.05) is 26.7 Å². The first-order valence-corrected chi connectivity index (χ1v) is 8.46. The van der Waals surface area contributed by atoms with Crippen molar-refractivity contribution in [3.63, 3.8) is 0 Å². The van der Waals surface area contributed by atoms with Crippen molar-refractivity contribution < 1.29 is 13.2 Å². The predicted octanol–water partition coefficient (Wildman–Crippen LogP) is 1.11. The summed E-state index contributed by atoms with van der Waals surface area (Å²) in [6.45, 7) is 6.11. The molecule has 0 radical (unpaired) electrons. The van der Waals surface area contributed by atoms with E-state index in [2.05, 4.69) is 23.6 Å². The summed E-state index contributed by atoms with van der Waals surface area (Å²) in [6, 6.07) is 1.10. The van der Waals surface area contributed by atoms with Crippen molar-refractivity contribution in [1.29, 1.82) is 0 Å². The van der Waals surface area contributed by atoms with Gasteiger partial charge in [0, 0.05) is 12.2 Å². The standard InChI is InChI=1S/C13H24N4O3S/c1-9(2)5-4-6-10(3)17-21(19,20)11-7-12(15-8-11)13(18)16-14/h7-10,15,17H,4-6,14H2,1-3H3,(H,16,18). The number of nitrogen functional groups attached to an aromatic ring is 1. The van der Waals surface area contributed by atoms with Crippen molar-refractivity contribution in [3.8, 4) is 0 Å². The van der Waals surface area contributed by atoms with Gasteiger partial charge in [-0.25, -0.2) is 19.0 Å². The topological polar surface area (TPSA) is 117 Å². The van der Waals surface area contributed by atoms with E-state index in [0.29, 0.717) is 5.92 Å². The summed E-state index contributed by atoms with van der Waals surface area (Å²) in [5.41, 5.74) is 2.04. The third-order valence-electron chi connectivity index (χ3n) is 3.12. The van der Waals surface area contributed by atoms with Gasteiger partial charge < -0.3 is 4.98 Å². The maximum absolute atomic E-state index is 12.2. The van der Waals surface area contributed by atoms with E-state index in [1.165, 1.54) is 12.3 Å². The summed E-state index contributed by atoms with van der Waals surface area (Å²) < 4.78 is 26.9. The minimum atomic E-state index is -3.63. The lowest BCUT2D eigenvalue weighted by atomic mass is 10.0. The largest absolute Gasteiger partial charge is 0.356 e. The van der Waals surface area contributed by atoms with E-state index in [1.54, 1.807) is 0 Å². The number of hydrazine groups is 1. The molecule has 21 heavy (non-hydrogen) atoms. The van der Waals surface area contributed by atoms with E-state index in [4.69, 9.17) is 5.84 Å². The molecule has 1 amide bonds. The predicted molar refractivity (Wildman–Crippen MR) is 80.9 cm³/mol. The number of carbonyl (C=O) groups is 1. The molecule has 120 valence electrons. The van der Waals surface area contributed by atoms with Gasteiger partial charge in [0.25, 0.3) is 5.91 Å². The SMILES string of the molecule is CC(C)CCCC(C)NS(=O)(=O)c1c[nH]c(C(=O)NN)c1. The molecule has 0 fully saturated rings. The van der Waals surface area contributed by atoms with Crippen molar-refractivity contribution in [2.45, 2.75) is 51.0 Å². The van der Waals surface area contributed by atoms with Crippen LogP contribution in [0.4, 0.5) is 0 Å². The Kier molecular flexibility index (Phi) is 6.38. The quantitative estimate of drug-likeness (QED) is 0.326. The third-order valence-corrected chi connectivity index (χ3v) is 4.69. The number of H-pyrrole nitrogens is 1. The van der Waals surface area contributed by atoms with Crippen LogP contribution >= 0.6 is 0 Å². The Morgan fingerprint density at radius 1 is 1.33 bits per heavy atom. The number of rotatable bonds is 8. The Morgan fingerprint density at radius 2 is 2.00 bits per heavy atom. The van der Waals surface area contributed by atoms with Gasteiger partial charge in [0.2, 0.25) is 10.0 Å². The molecule has 0 aliphatic rings. The zero-order chi connectivity index (χ0) is 16.0. The molecule has 0 aliphatic heterocycles. The average molecular weight is 316 g/mol. The highest BCUT2D eigenvalue weighted by atomic mass is 32.2. The Bertz CT molecular complexity index is 566. The van der Waals surface area contributed by atoms with Crippen molar-refractivity contribution in [1.82, 2.24) is 15.1 Å². The zero-order valence-electron chi connectivity index (χ0n) is 12.6. The lowest BCUT2D eigenvalue weighted by molar-refractivity contribution is 0.0949. The van der Waals surface area contributed by atoms with E-state index < -0.39 is 15.9 Å².